The lowest BCUT2D eigenvalue weighted by Crippen LogP contribution is -2.38. The van der Waals surface area contributed by atoms with Crippen LogP contribution in [0.1, 0.15) is 23.5 Å². The minimum atomic E-state index is -1.94. The largest absolute Gasteiger partial charge is 0.456 e. The van der Waals surface area contributed by atoms with Crippen LogP contribution in [0.15, 0.2) is 52.2 Å². The molecule has 2 N–H and O–H groups in total. The third-order valence-corrected chi connectivity index (χ3v) is 4.12. The second-order valence-electron chi connectivity index (χ2n) is 5.92. The summed E-state index contributed by atoms with van der Waals surface area (Å²) in [5.41, 5.74) is -1.20. The van der Waals surface area contributed by atoms with E-state index in [1.165, 1.54) is 6.92 Å². The maximum absolute atomic E-state index is 14.5. The molecule has 9 heteroatoms. The molecule has 0 bridgehead atoms. The highest BCUT2D eigenvalue weighted by atomic mass is 19.1. The summed E-state index contributed by atoms with van der Waals surface area (Å²) in [6.07, 6.45) is -6.08. The number of halogens is 1. The molecule has 26 heavy (non-hydrogen) atoms. The number of aliphatic hydroxyl groups excluding tert-OH is 1. The number of nitrogens with zero attached hydrogens (tertiary/aromatic N) is 1. The van der Waals surface area contributed by atoms with Crippen LogP contribution in [0.5, 0.6) is 0 Å². The van der Waals surface area contributed by atoms with Crippen molar-refractivity contribution in [2.45, 2.75) is 37.6 Å². The zero-order valence-corrected chi connectivity index (χ0v) is 13.7. The number of carbonyl (C=O) groups is 1. The summed E-state index contributed by atoms with van der Waals surface area (Å²) in [4.78, 5) is 37.0. The Labute approximate surface area is 146 Å². The Morgan fingerprint density at radius 3 is 2.65 bits per heavy atom. The number of aliphatic hydroxyl groups is 1. The summed E-state index contributed by atoms with van der Waals surface area (Å²) < 4.78 is 26.0. The van der Waals surface area contributed by atoms with Gasteiger partial charge in [0.2, 0.25) is 0 Å². The number of rotatable bonds is 4. The Morgan fingerprint density at radius 2 is 2.00 bits per heavy atom. The highest BCUT2D eigenvalue weighted by Crippen LogP contribution is 2.33. The molecule has 1 unspecified atom stereocenters. The maximum atomic E-state index is 14.5. The monoisotopic (exact) mass is 364 g/mol. The fraction of sp³-hybridized carbons (Fsp3) is 0.353. The van der Waals surface area contributed by atoms with Crippen molar-refractivity contribution >= 4 is 5.97 Å². The van der Waals surface area contributed by atoms with Gasteiger partial charge in [-0.05, 0) is 19.1 Å². The van der Waals surface area contributed by atoms with E-state index in [2.05, 4.69) is 0 Å². The molecule has 0 saturated carbocycles. The molecule has 5 atom stereocenters. The summed E-state index contributed by atoms with van der Waals surface area (Å²) in [7, 11) is 0. The van der Waals surface area contributed by atoms with Crippen molar-refractivity contribution in [2.24, 2.45) is 0 Å². The molecule has 1 aromatic carbocycles. The molecule has 8 nitrogen and oxygen atoms in total. The molecule has 2 heterocycles. The second kappa shape index (κ2) is 7.22. The van der Waals surface area contributed by atoms with Crippen LogP contribution in [0.3, 0.4) is 0 Å². The third-order valence-electron chi connectivity index (χ3n) is 4.12. The maximum Gasteiger partial charge on any atom is 0.338 e. The van der Waals surface area contributed by atoms with Gasteiger partial charge in [-0.3, -0.25) is 14.3 Å². The summed E-state index contributed by atoms with van der Waals surface area (Å²) in [6, 6.07) is 9.22. The molecule has 138 valence electrons. The van der Waals surface area contributed by atoms with E-state index in [4.69, 9.17) is 9.47 Å². The molecular weight excluding hydrogens is 347 g/mol. The summed E-state index contributed by atoms with van der Waals surface area (Å²) in [5, 5.41) is 10.1. The first-order valence-corrected chi connectivity index (χ1v) is 7.93. The lowest BCUT2D eigenvalue weighted by atomic mass is 10.1. The Kier molecular flexibility index (Phi) is 5.01. The summed E-state index contributed by atoms with van der Waals surface area (Å²) in [5.74, 6) is -0.644. The number of hydrogen-bond acceptors (Lipinski definition) is 6. The first-order chi connectivity index (χ1) is 12.4. The van der Waals surface area contributed by atoms with E-state index < -0.39 is 47.9 Å². The van der Waals surface area contributed by atoms with Gasteiger partial charge < -0.3 is 14.6 Å². The molecular formula is C17H17FN2O6. The molecule has 2 aromatic rings. The summed E-state index contributed by atoms with van der Waals surface area (Å²) >= 11 is 0. The molecule has 0 radical (unpaired) electrons. The van der Waals surface area contributed by atoms with Crippen LogP contribution in [0.25, 0.3) is 0 Å². The minimum Gasteiger partial charge on any atom is -0.456 e. The molecule has 0 amide bonds. The van der Waals surface area contributed by atoms with Gasteiger partial charge in [0, 0.05) is 12.3 Å². The number of benzene rings is 1. The van der Waals surface area contributed by atoms with Crippen molar-refractivity contribution in [3.05, 3.63) is 69.0 Å². The molecule has 0 aliphatic carbocycles. The first kappa shape index (κ1) is 18.0. The van der Waals surface area contributed by atoms with Gasteiger partial charge in [-0.25, -0.2) is 14.0 Å². The van der Waals surface area contributed by atoms with Gasteiger partial charge in [-0.15, -0.1) is 0 Å². The molecule has 1 saturated heterocycles. The van der Waals surface area contributed by atoms with Crippen LogP contribution in [0.2, 0.25) is 0 Å². The van der Waals surface area contributed by atoms with Crippen LogP contribution in [0.4, 0.5) is 4.39 Å². The van der Waals surface area contributed by atoms with Crippen LogP contribution in [-0.4, -0.2) is 45.1 Å². The van der Waals surface area contributed by atoms with Gasteiger partial charge in [0.1, 0.15) is 18.3 Å². The van der Waals surface area contributed by atoms with Crippen molar-refractivity contribution < 1.29 is 23.8 Å². The molecule has 3 rings (SSSR count). The van der Waals surface area contributed by atoms with Crippen molar-refractivity contribution in [3.63, 3.8) is 0 Å². The van der Waals surface area contributed by atoms with Crippen LogP contribution < -0.4 is 11.2 Å². The van der Waals surface area contributed by atoms with Gasteiger partial charge in [0.15, 0.2) is 12.4 Å². The number of aromatic nitrogens is 2. The quantitative estimate of drug-likeness (QED) is 0.759. The van der Waals surface area contributed by atoms with Crippen LogP contribution in [-0.2, 0) is 9.47 Å². The Bertz CT molecular complexity index is 896. The number of esters is 1. The molecule has 1 fully saturated rings. The fourth-order valence-corrected chi connectivity index (χ4v) is 2.78. The van der Waals surface area contributed by atoms with E-state index in [9.17, 15) is 23.9 Å². The first-order valence-electron chi connectivity index (χ1n) is 7.93. The molecule has 1 aliphatic heterocycles. The van der Waals surface area contributed by atoms with Crippen LogP contribution in [0, 0.1) is 0 Å². The van der Waals surface area contributed by atoms with Gasteiger partial charge in [0.05, 0.1) is 5.56 Å². The average Bonchev–Trinajstić information content (AvgIpc) is 2.91. The smallest absolute Gasteiger partial charge is 0.338 e. The van der Waals surface area contributed by atoms with Crippen molar-refractivity contribution in [3.8, 4) is 0 Å². The number of hydrogen-bond donors (Lipinski definition) is 2. The average molecular weight is 364 g/mol. The Balaban J connectivity index is 1.75. The van der Waals surface area contributed by atoms with Crippen LogP contribution >= 0.6 is 0 Å². The second-order valence-corrected chi connectivity index (χ2v) is 5.92. The van der Waals surface area contributed by atoms with E-state index in [0.717, 1.165) is 16.8 Å². The van der Waals surface area contributed by atoms with E-state index in [-0.39, 0.29) is 0 Å². The highest BCUT2D eigenvalue weighted by molar-refractivity contribution is 5.89. The van der Waals surface area contributed by atoms with E-state index >= 15 is 0 Å². The van der Waals surface area contributed by atoms with Crippen molar-refractivity contribution in [1.82, 2.24) is 9.55 Å². The summed E-state index contributed by atoms with van der Waals surface area (Å²) in [6.45, 7) is 1.46. The van der Waals surface area contributed by atoms with Gasteiger partial charge >= 0.3 is 11.7 Å². The zero-order valence-electron chi connectivity index (χ0n) is 13.7. The predicted octanol–water partition coefficient (Wildman–Crippen LogP) is 0.379. The SMILES string of the molecule is C[C@@H](OC(=O)c1ccccc1)C1O[C@@H](n2ccc(=O)[nH]c2=O)[C@H](F)[C@@H]1O. The van der Waals surface area contributed by atoms with Crippen molar-refractivity contribution in [1.29, 1.82) is 0 Å². The lowest BCUT2D eigenvalue weighted by molar-refractivity contribution is -0.0852. The van der Waals surface area contributed by atoms with E-state index in [1.54, 1.807) is 30.3 Å². The standard InChI is InChI=1S/C17H17FN2O6/c1-9(25-16(23)10-5-3-2-4-6-10)14-13(22)12(18)15(26-14)20-8-7-11(21)19-17(20)24/h2-9,12-15,22H,1H3,(H,19,21,24)/t9-,12-,13+,14?,15-/m1/s1. The van der Waals surface area contributed by atoms with E-state index in [0.29, 0.717) is 5.56 Å². The number of carbonyl (C=O) groups excluding carboxylic acids is 1. The molecule has 1 aromatic heterocycles. The minimum absolute atomic E-state index is 0.303. The highest BCUT2D eigenvalue weighted by Gasteiger charge is 2.48. The normalized spacial score (nSPS) is 26.4. The number of nitrogens with one attached hydrogen (secondary N) is 1. The van der Waals surface area contributed by atoms with Crippen molar-refractivity contribution in [2.75, 3.05) is 0 Å². The van der Waals surface area contributed by atoms with E-state index in [1.807, 2.05) is 4.98 Å². The lowest BCUT2D eigenvalue weighted by Gasteiger charge is -2.22. The number of ether oxygens (including phenoxy) is 2. The third kappa shape index (κ3) is 3.44. The molecule has 0 spiro atoms. The van der Waals surface area contributed by atoms with Gasteiger partial charge in [-0.1, -0.05) is 18.2 Å². The molecule has 1 aliphatic rings. The fourth-order valence-electron chi connectivity index (χ4n) is 2.78. The number of aromatic amines is 1. The van der Waals surface area contributed by atoms with Gasteiger partial charge in [0.25, 0.3) is 5.56 Å². The number of H-pyrrole nitrogens is 1. The number of alkyl halides is 1. The Hall–Kier alpha value is -2.78. The zero-order chi connectivity index (χ0) is 18.8. The Morgan fingerprint density at radius 1 is 1.31 bits per heavy atom. The van der Waals surface area contributed by atoms with Gasteiger partial charge in [-0.2, -0.15) is 0 Å². The predicted molar refractivity (Wildman–Crippen MR) is 87.5 cm³/mol. The topological polar surface area (TPSA) is 111 Å².